The average molecular weight is 468 g/mol. The Hall–Kier alpha value is -4.41. The molecule has 2 aromatic carbocycles. The topological polar surface area (TPSA) is 110 Å². The molecule has 174 valence electrons. The first-order chi connectivity index (χ1) is 16.2. The number of nitrogens with zero attached hydrogens (tertiary/aromatic N) is 5. The van der Waals surface area contributed by atoms with Crippen molar-refractivity contribution in [3.8, 4) is 11.4 Å². The minimum Gasteiger partial charge on any atom is -0.507 e. The number of nitrogen functional groups attached to an aromatic ring is 1. The Labute approximate surface area is 191 Å². The van der Waals surface area contributed by atoms with E-state index in [0.717, 1.165) is 12.1 Å². The van der Waals surface area contributed by atoms with Crippen LogP contribution in [-0.4, -0.2) is 37.3 Å². The summed E-state index contributed by atoms with van der Waals surface area (Å²) >= 11 is 0. The molecule has 8 nitrogen and oxygen atoms in total. The largest absolute Gasteiger partial charge is 0.507 e. The van der Waals surface area contributed by atoms with Gasteiger partial charge in [0.25, 0.3) is 0 Å². The minimum absolute atomic E-state index is 0.0185. The number of phenols is 1. The maximum Gasteiger partial charge on any atom is 0.420 e. The summed E-state index contributed by atoms with van der Waals surface area (Å²) in [6.07, 6.45) is -2.12. The Morgan fingerprint density at radius 1 is 1.18 bits per heavy atom. The molecule has 0 atom stereocenters. The van der Waals surface area contributed by atoms with E-state index in [0.29, 0.717) is 16.9 Å². The number of anilines is 2. The van der Waals surface area contributed by atoms with E-state index < -0.39 is 17.5 Å². The summed E-state index contributed by atoms with van der Waals surface area (Å²) < 4.78 is 41.2. The van der Waals surface area contributed by atoms with E-state index in [2.05, 4.69) is 21.6 Å². The second kappa shape index (κ2) is 8.85. The van der Waals surface area contributed by atoms with E-state index in [1.807, 2.05) is 6.07 Å². The number of alkyl halides is 3. The van der Waals surface area contributed by atoms with E-state index in [-0.39, 0.29) is 35.9 Å². The number of nitrogens with two attached hydrogens (primary N) is 1. The summed E-state index contributed by atoms with van der Waals surface area (Å²) in [4.78, 5) is 22.1. The van der Waals surface area contributed by atoms with Crippen LogP contribution < -0.4 is 10.6 Å². The molecule has 0 bridgehead atoms. The van der Waals surface area contributed by atoms with Crippen LogP contribution in [0.25, 0.3) is 16.7 Å². The monoisotopic (exact) mass is 468 g/mol. The first-order valence-electron chi connectivity index (χ1n) is 10.1. The number of carbonyl (C=O) groups is 1. The molecule has 0 aliphatic rings. The van der Waals surface area contributed by atoms with Crippen molar-refractivity contribution in [2.24, 2.45) is 0 Å². The number of benzene rings is 2. The summed E-state index contributed by atoms with van der Waals surface area (Å²) in [5, 5.41) is 14.1. The number of aromatic hydroxyl groups is 1. The fraction of sp³-hybridized carbons (Fsp3) is 0.130. The van der Waals surface area contributed by atoms with Crippen molar-refractivity contribution in [2.45, 2.75) is 12.6 Å². The summed E-state index contributed by atoms with van der Waals surface area (Å²) in [6, 6.07) is 11.9. The highest BCUT2D eigenvalue weighted by Crippen LogP contribution is 2.37. The molecular weight excluding hydrogens is 449 g/mol. The lowest BCUT2D eigenvalue weighted by atomic mass is 10.1. The lowest BCUT2D eigenvalue weighted by Gasteiger charge is -2.20. The van der Waals surface area contributed by atoms with Crippen LogP contribution in [0.2, 0.25) is 0 Å². The highest BCUT2D eigenvalue weighted by molar-refractivity contribution is 6.01. The summed E-state index contributed by atoms with van der Waals surface area (Å²) in [5.74, 6) is -1.21. The number of hydrogen-bond donors (Lipinski definition) is 2. The van der Waals surface area contributed by atoms with Crippen molar-refractivity contribution >= 4 is 28.4 Å². The molecule has 0 saturated carbocycles. The third-order valence-corrected chi connectivity index (χ3v) is 5.17. The third kappa shape index (κ3) is 4.27. The molecule has 11 heteroatoms. The number of fused-ring (bicyclic) bond motifs is 1. The highest BCUT2D eigenvalue weighted by Gasteiger charge is 2.34. The van der Waals surface area contributed by atoms with Crippen molar-refractivity contribution in [1.29, 1.82) is 0 Å². The predicted molar refractivity (Wildman–Crippen MR) is 120 cm³/mol. The normalized spacial score (nSPS) is 11.5. The Balaban J connectivity index is 1.77. The van der Waals surface area contributed by atoms with Crippen LogP contribution >= 0.6 is 0 Å². The van der Waals surface area contributed by atoms with E-state index in [1.54, 1.807) is 24.3 Å². The van der Waals surface area contributed by atoms with Crippen molar-refractivity contribution < 1.29 is 23.1 Å². The smallest absolute Gasteiger partial charge is 0.420 e. The average Bonchev–Trinajstić information content (AvgIpc) is 3.19. The highest BCUT2D eigenvalue weighted by atomic mass is 19.4. The molecule has 4 rings (SSSR count). The summed E-state index contributed by atoms with van der Waals surface area (Å²) in [7, 11) is 0. The molecule has 0 saturated heterocycles. The van der Waals surface area contributed by atoms with Gasteiger partial charge in [0.05, 0.1) is 16.9 Å². The SMILES string of the molecule is C=CC(=O)N(CCc1nn(-c2ccc(O)c(C(F)(F)F)c2)c2c(N)ncnc12)c1ccccc1. The van der Waals surface area contributed by atoms with Gasteiger partial charge in [-0.2, -0.15) is 18.3 Å². The van der Waals surface area contributed by atoms with Gasteiger partial charge in [0, 0.05) is 18.7 Å². The zero-order valence-corrected chi connectivity index (χ0v) is 17.7. The van der Waals surface area contributed by atoms with Crippen molar-refractivity contribution in [3.05, 3.63) is 78.8 Å². The molecule has 0 unspecified atom stereocenters. The Kier molecular flexibility index (Phi) is 5.93. The predicted octanol–water partition coefficient (Wildman–Crippen LogP) is 3.88. The first-order valence-corrected chi connectivity index (χ1v) is 10.1. The molecule has 34 heavy (non-hydrogen) atoms. The van der Waals surface area contributed by atoms with E-state index in [1.165, 1.54) is 28.1 Å². The van der Waals surface area contributed by atoms with Crippen LogP contribution in [0.1, 0.15) is 11.3 Å². The first kappa shape index (κ1) is 22.8. The standard InChI is InChI=1S/C23H19F3N6O2/c1-2-19(34)31(14-6-4-3-5-7-14)11-10-17-20-21(22(27)29-13-28-20)32(30-17)15-8-9-18(33)16(12-15)23(24,25)26/h2-9,12-13,33H,1,10-11H2,(H2,27,28,29). The number of carbonyl (C=O) groups excluding carboxylic acids is 1. The van der Waals surface area contributed by atoms with Gasteiger partial charge in [-0.25, -0.2) is 14.6 Å². The molecule has 0 aliphatic carbocycles. The van der Waals surface area contributed by atoms with Gasteiger partial charge in [-0.15, -0.1) is 0 Å². The molecule has 2 aromatic heterocycles. The van der Waals surface area contributed by atoms with E-state index >= 15 is 0 Å². The second-order valence-electron chi connectivity index (χ2n) is 7.29. The van der Waals surface area contributed by atoms with Crippen LogP contribution in [0.5, 0.6) is 5.75 Å². The van der Waals surface area contributed by atoms with Gasteiger partial charge in [0.15, 0.2) is 5.82 Å². The number of aromatic nitrogens is 4. The lowest BCUT2D eigenvalue weighted by Crippen LogP contribution is -2.31. The van der Waals surface area contributed by atoms with Gasteiger partial charge in [0.1, 0.15) is 23.1 Å². The van der Waals surface area contributed by atoms with Gasteiger partial charge in [-0.05, 0) is 36.4 Å². The Morgan fingerprint density at radius 3 is 2.59 bits per heavy atom. The number of amides is 1. The number of rotatable bonds is 6. The molecule has 1 amide bonds. The molecule has 0 radical (unpaired) electrons. The Morgan fingerprint density at radius 2 is 1.91 bits per heavy atom. The van der Waals surface area contributed by atoms with Crippen molar-refractivity contribution in [3.63, 3.8) is 0 Å². The molecule has 0 spiro atoms. The van der Waals surface area contributed by atoms with Crippen molar-refractivity contribution in [2.75, 3.05) is 17.2 Å². The fourth-order valence-electron chi connectivity index (χ4n) is 3.57. The van der Waals surface area contributed by atoms with Crippen molar-refractivity contribution in [1.82, 2.24) is 19.7 Å². The van der Waals surface area contributed by atoms with Gasteiger partial charge in [0.2, 0.25) is 5.91 Å². The molecule has 4 aromatic rings. The van der Waals surface area contributed by atoms with E-state index in [9.17, 15) is 23.1 Å². The Bertz CT molecular complexity index is 1370. The molecule has 0 fully saturated rings. The summed E-state index contributed by atoms with van der Waals surface area (Å²) in [6.45, 7) is 3.74. The van der Waals surface area contributed by atoms with Gasteiger partial charge < -0.3 is 15.7 Å². The number of phenolic OH excluding ortho intramolecular Hbond substituents is 1. The van der Waals surface area contributed by atoms with Gasteiger partial charge in [-0.3, -0.25) is 4.79 Å². The molecule has 2 heterocycles. The fourth-order valence-corrected chi connectivity index (χ4v) is 3.57. The van der Waals surface area contributed by atoms with Gasteiger partial charge in [-0.1, -0.05) is 24.8 Å². The van der Waals surface area contributed by atoms with Crippen LogP contribution in [-0.2, 0) is 17.4 Å². The zero-order valence-electron chi connectivity index (χ0n) is 17.7. The maximum atomic E-state index is 13.3. The van der Waals surface area contributed by atoms with Crippen LogP contribution in [0.4, 0.5) is 24.7 Å². The number of hydrogen-bond acceptors (Lipinski definition) is 6. The minimum atomic E-state index is -4.77. The van der Waals surface area contributed by atoms with E-state index in [4.69, 9.17) is 5.73 Å². The summed E-state index contributed by atoms with van der Waals surface area (Å²) in [5.41, 5.74) is 6.44. The molecular formula is C23H19F3N6O2. The zero-order chi connectivity index (χ0) is 24.5. The quantitative estimate of drug-likeness (QED) is 0.416. The van der Waals surface area contributed by atoms with Crippen LogP contribution in [0.3, 0.4) is 0 Å². The maximum absolute atomic E-state index is 13.3. The van der Waals surface area contributed by atoms with Crippen LogP contribution in [0, 0.1) is 0 Å². The third-order valence-electron chi connectivity index (χ3n) is 5.17. The number of halogens is 3. The number of para-hydroxylation sites is 1. The second-order valence-corrected chi connectivity index (χ2v) is 7.29. The van der Waals surface area contributed by atoms with Gasteiger partial charge >= 0.3 is 6.18 Å². The molecule has 3 N–H and O–H groups in total. The lowest BCUT2D eigenvalue weighted by molar-refractivity contribution is -0.138. The molecule has 0 aliphatic heterocycles. The van der Waals surface area contributed by atoms with Crippen LogP contribution in [0.15, 0.2) is 67.5 Å².